The molecule has 0 N–H and O–H groups in total. The molecule has 5 nitrogen and oxygen atoms in total. The van der Waals surface area contributed by atoms with Crippen LogP contribution in [0.3, 0.4) is 0 Å². The molecule has 0 saturated carbocycles. The lowest BCUT2D eigenvalue weighted by atomic mass is 10.2. The highest BCUT2D eigenvalue weighted by molar-refractivity contribution is 7.98. The number of hydrogen-bond donors (Lipinski definition) is 0. The van der Waals surface area contributed by atoms with Crippen LogP contribution in [0, 0.1) is 6.92 Å². The van der Waals surface area contributed by atoms with E-state index in [0.29, 0.717) is 22.6 Å². The van der Waals surface area contributed by atoms with Crippen LogP contribution in [-0.4, -0.2) is 20.1 Å². The fraction of sp³-hybridized carbons (Fsp3) is 0.143. The first-order valence-electron chi connectivity index (χ1n) is 6.12. The fourth-order valence-corrected chi connectivity index (χ4v) is 2.35. The summed E-state index contributed by atoms with van der Waals surface area (Å²) < 4.78 is 5.23. The summed E-state index contributed by atoms with van der Waals surface area (Å²) in [4.78, 5) is 12.9. The summed E-state index contributed by atoms with van der Waals surface area (Å²) >= 11 is 1.48. The molecule has 0 atom stereocenters. The van der Waals surface area contributed by atoms with E-state index in [0.717, 1.165) is 11.3 Å². The van der Waals surface area contributed by atoms with Gasteiger partial charge in [0, 0.05) is 17.5 Å². The lowest BCUT2D eigenvalue weighted by Gasteiger charge is -1.97. The summed E-state index contributed by atoms with van der Waals surface area (Å²) in [7, 11) is 0. The molecule has 0 fully saturated rings. The Morgan fingerprint density at radius 1 is 1.10 bits per heavy atom. The van der Waals surface area contributed by atoms with Crippen LogP contribution in [0.2, 0.25) is 0 Å². The van der Waals surface area contributed by atoms with E-state index in [1.165, 1.54) is 11.8 Å². The van der Waals surface area contributed by atoms with Gasteiger partial charge in [-0.3, -0.25) is 0 Å². The molecule has 6 heteroatoms. The first kappa shape index (κ1) is 12.8. The maximum absolute atomic E-state index is 5.23. The van der Waals surface area contributed by atoms with E-state index in [4.69, 9.17) is 4.52 Å². The first-order chi connectivity index (χ1) is 9.81. The van der Waals surface area contributed by atoms with E-state index in [9.17, 15) is 0 Å². The molecule has 0 radical (unpaired) electrons. The second-order valence-electron chi connectivity index (χ2n) is 4.15. The van der Waals surface area contributed by atoms with Crippen LogP contribution in [-0.2, 0) is 5.75 Å². The highest BCUT2D eigenvalue weighted by Gasteiger charge is 2.09. The monoisotopic (exact) mass is 284 g/mol. The smallest absolute Gasteiger partial charge is 0.237 e. The molecule has 20 heavy (non-hydrogen) atoms. The Morgan fingerprint density at radius 3 is 2.75 bits per heavy atom. The predicted molar refractivity (Wildman–Crippen MR) is 76.1 cm³/mol. The zero-order chi connectivity index (χ0) is 13.8. The first-order valence-corrected chi connectivity index (χ1v) is 7.10. The van der Waals surface area contributed by atoms with Crippen LogP contribution in [0.25, 0.3) is 11.4 Å². The minimum atomic E-state index is 0.559. The van der Waals surface area contributed by atoms with Crippen molar-refractivity contribution in [3.8, 4) is 11.4 Å². The molecular weight excluding hydrogens is 272 g/mol. The zero-order valence-electron chi connectivity index (χ0n) is 10.9. The molecule has 0 spiro atoms. The van der Waals surface area contributed by atoms with E-state index in [1.807, 2.05) is 43.3 Å². The second kappa shape index (κ2) is 5.83. The number of aryl methyl sites for hydroxylation is 1. The summed E-state index contributed by atoms with van der Waals surface area (Å²) in [6, 6.07) is 11.6. The van der Waals surface area contributed by atoms with Gasteiger partial charge in [-0.15, -0.1) is 0 Å². The van der Waals surface area contributed by atoms with Gasteiger partial charge >= 0.3 is 0 Å². The van der Waals surface area contributed by atoms with Gasteiger partial charge in [0.15, 0.2) is 5.16 Å². The summed E-state index contributed by atoms with van der Waals surface area (Å²) in [6.07, 6.45) is 1.74. The van der Waals surface area contributed by atoms with Crippen molar-refractivity contribution in [3.63, 3.8) is 0 Å². The van der Waals surface area contributed by atoms with Crippen molar-refractivity contribution in [2.24, 2.45) is 0 Å². The minimum absolute atomic E-state index is 0.559. The molecule has 0 aliphatic carbocycles. The Labute approximate surface area is 120 Å². The van der Waals surface area contributed by atoms with Crippen molar-refractivity contribution in [2.75, 3.05) is 0 Å². The second-order valence-corrected chi connectivity index (χ2v) is 5.09. The summed E-state index contributed by atoms with van der Waals surface area (Å²) in [5, 5.41) is 4.69. The largest absolute Gasteiger partial charge is 0.338 e. The molecular formula is C14H12N4OS. The van der Waals surface area contributed by atoms with Gasteiger partial charge in [-0.2, -0.15) is 4.98 Å². The molecule has 2 aromatic heterocycles. The van der Waals surface area contributed by atoms with Gasteiger partial charge in [-0.1, -0.05) is 47.3 Å². The van der Waals surface area contributed by atoms with Gasteiger partial charge in [-0.25, -0.2) is 9.97 Å². The van der Waals surface area contributed by atoms with Gasteiger partial charge in [-0.05, 0) is 13.0 Å². The number of aromatic nitrogens is 4. The van der Waals surface area contributed by atoms with Crippen molar-refractivity contribution < 1.29 is 4.52 Å². The van der Waals surface area contributed by atoms with Crippen LogP contribution in [0.1, 0.15) is 11.6 Å². The molecule has 3 aromatic rings. The third-order valence-corrected chi connectivity index (χ3v) is 3.44. The Bertz CT molecular complexity index is 699. The van der Waals surface area contributed by atoms with E-state index in [1.54, 1.807) is 6.20 Å². The third kappa shape index (κ3) is 3.03. The van der Waals surface area contributed by atoms with E-state index in [-0.39, 0.29) is 0 Å². The number of benzene rings is 1. The average Bonchev–Trinajstić information content (AvgIpc) is 2.95. The third-order valence-electron chi connectivity index (χ3n) is 2.60. The highest BCUT2D eigenvalue weighted by Crippen LogP contribution is 2.20. The Hall–Kier alpha value is -2.21. The molecule has 2 heterocycles. The van der Waals surface area contributed by atoms with Crippen LogP contribution in [0.4, 0.5) is 0 Å². The quantitative estimate of drug-likeness (QED) is 0.541. The van der Waals surface area contributed by atoms with Crippen LogP contribution >= 0.6 is 11.8 Å². The van der Waals surface area contributed by atoms with Gasteiger partial charge in [0.2, 0.25) is 11.7 Å². The number of nitrogens with zero attached hydrogens (tertiary/aromatic N) is 4. The average molecular weight is 284 g/mol. The molecule has 100 valence electrons. The topological polar surface area (TPSA) is 64.7 Å². The maximum atomic E-state index is 5.23. The van der Waals surface area contributed by atoms with E-state index >= 15 is 0 Å². The molecule has 0 bridgehead atoms. The van der Waals surface area contributed by atoms with Crippen LogP contribution in [0.15, 0.2) is 52.3 Å². The van der Waals surface area contributed by atoms with Gasteiger partial charge in [0.05, 0.1) is 5.75 Å². The van der Waals surface area contributed by atoms with Crippen molar-refractivity contribution >= 4 is 11.8 Å². The molecule has 0 aliphatic heterocycles. The standard InChI is InChI=1S/C14H12N4OS/c1-10-7-8-15-14(16-10)20-9-12-17-13(18-19-12)11-5-3-2-4-6-11/h2-8H,9H2,1H3. The van der Waals surface area contributed by atoms with Crippen molar-refractivity contribution in [2.45, 2.75) is 17.8 Å². The fourth-order valence-electron chi connectivity index (χ4n) is 1.64. The zero-order valence-corrected chi connectivity index (χ0v) is 11.7. The van der Waals surface area contributed by atoms with Crippen LogP contribution in [0.5, 0.6) is 0 Å². The Morgan fingerprint density at radius 2 is 1.95 bits per heavy atom. The Kier molecular flexibility index (Phi) is 3.73. The van der Waals surface area contributed by atoms with Gasteiger partial charge in [0.25, 0.3) is 0 Å². The van der Waals surface area contributed by atoms with E-state index < -0.39 is 0 Å². The number of hydrogen-bond acceptors (Lipinski definition) is 6. The summed E-state index contributed by atoms with van der Waals surface area (Å²) in [5.41, 5.74) is 1.89. The highest BCUT2D eigenvalue weighted by atomic mass is 32.2. The molecule has 0 amide bonds. The molecule has 0 unspecified atom stereocenters. The van der Waals surface area contributed by atoms with E-state index in [2.05, 4.69) is 20.1 Å². The number of rotatable bonds is 4. The van der Waals surface area contributed by atoms with Crippen molar-refractivity contribution in [1.82, 2.24) is 20.1 Å². The predicted octanol–water partition coefficient (Wildman–Crippen LogP) is 3.13. The summed E-state index contributed by atoms with van der Waals surface area (Å²) in [5.74, 6) is 1.73. The Balaban J connectivity index is 1.69. The minimum Gasteiger partial charge on any atom is -0.338 e. The SMILES string of the molecule is Cc1ccnc(SCc2nc(-c3ccccc3)no2)n1. The number of thioether (sulfide) groups is 1. The van der Waals surface area contributed by atoms with Gasteiger partial charge < -0.3 is 4.52 Å². The molecule has 0 saturated heterocycles. The lowest BCUT2D eigenvalue weighted by Crippen LogP contribution is -1.89. The van der Waals surface area contributed by atoms with Crippen molar-refractivity contribution in [3.05, 3.63) is 54.2 Å². The summed E-state index contributed by atoms with van der Waals surface area (Å²) in [6.45, 7) is 1.94. The maximum Gasteiger partial charge on any atom is 0.237 e. The molecule has 1 aromatic carbocycles. The molecule has 0 aliphatic rings. The lowest BCUT2D eigenvalue weighted by molar-refractivity contribution is 0.391. The van der Waals surface area contributed by atoms with Crippen molar-refractivity contribution in [1.29, 1.82) is 0 Å². The normalized spacial score (nSPS) is 10.7. The molecule has 3 rings (SSSR count). The van der Waals surface area contributed by atoms with Gasteiger partial charge in [0.1, 0.15) is 0 Å². The van der Waals surface area contributed by atoms with Crippen LogP contribution < -0.4 is 0 Å².